The predicted octanol–water partition coefficient (Wildman–Crippen LogP) is 5.11. The number of halogens is 4. The Bertz CT molecular complexity index is 2160. The van der Waals surface area contributed by atoms with Gasteiger partial charge in [-0.05, 0) is 41.5 Å². The van der Waals surface area contributed by atoms with E-state index in [4.69, 9.17) is 16.4 Å². The van der Waals surface area contributed by atoms with Crippen molar-refractivity contribution in [3.05, 3.63) is 113 Å². The molecule has 2 amide bonds. The predicted molar refractivity (Wildman–Crippen MR) is 166 cm³/mol. The van der Waals surface area contributed by atoms with Gasteiger partial charge in [0, 0.05) is 61.5 Å². The molecule has 2 aromatic carbocycles. The Morgan fingerprint density at radius 1 is 0.938 bits per heavy atom. The maximum absolute atomic E-state index is 14.3. The average Bonchev–Trinajstić information content (AvgIpc) is 3.50. The van der Waals surface area contributed by atoms with Crippen molar-refractivity contribution in [1.29, 1.82) is 0 Å². The number of likely N-dealkylation sites (tertiary alicyclic amines) is 1. The summed E-state index contributed by atoms with van der Waals surface area (Å²) in [4.78, 5) is 51.6. The molecule has 6 aromatic rings. The van der Waals surface area contributed by atoms with Gasteiger partial charge >= 0.3 is 6.18 Å². The maximum Gasteiger partial charge on any atom is 0.417 e. The van der Waals surface area contributed by atoms with Gasteiger partial charge in [-0.25, -0.2) is 9.97 Å². The summed E-state index contributed by atoms with van der Waals surface area (Å²) < 4.78 is 42.9. The van der Waals surface area contributed by atoms with Crippen LogP contribution in [0.3, 0.4) is 0 Å². The van der Waals surface area contributed by atoms with Gasteiger partial charge in [0.2, 0.25) is 11.5 Å². The zero-order chi connectivity index (χ0) is 33.4. The first kappa shape index (κ1) is 30.9. The van der Waals surface area contributed by atoms with E-state index < -0.39 is 41.1 Å². The van der Waals surface area contributed by atoms with Crippen LogP contribution in [0, 0.1) is 0 Å². The molecule has 12 nitrogen and oxygen atoms in total. The smallest absolute Gasteiger partial charge is 0.348 e. The maximum atomic E-state index is 14.3. The van der Waals surface area contributed by atoms with E-state index in [1.54, 1.807) is 23.1 Å². The molecule has 48 heavy (non-hydrogen) atoms. The van der Waals surface area contributed by atoms with E-state index in [9.17, 15) is 22.8 Å². The lowest BCUT2D eigenvalue weighted by molar-refractivity contribution is -0.138. The molecular formula is C32H23ClF3N9O3. The largest absolute Gasteiger partial charge is 0.417 e. The van der Waals surface area contributed by atoms with Crippen LogP contribution in [0.2, 0.25) is 5.02 Å². The highest BCUT2D eigenvalue weighted by atomic mass is 35.5. The van der Waals surface area contributed by atoms with Crippen LogP contribution in [0.25, 0.3) is 22.2 Å². The molecule has 0 unspecified atom stereocenters. The Kier molecular flexibility index (Phi) is 8.04. The topological polar surface area (TPSA) is 141 Å². The lowest BCUT2D eigenvalue weighted by Crippen LogP contribution is -2.51. The number of rotatable bonds is 6. The highest BCUT2D eigenvalue weighted by Gasteiger charge is 2.39. The molecule has 4 aromatic heterocycles. The molecule has 1 aliphatic rings. The summed E-state index contributed by atoms with van der Waals surface area (Å²) in [5.41, 5.74) is 0.651. The fraction of sp³-hybridized carbons (Fsp3) is 0.188. The van der Waals surface area contributed by atoms with Crippen LogP contribution in [0.15, 0.2) is 85.5 Å². The second-order valence-corrected chi connectivity index (χ2v) is 11.4. The first-order valence-electron chi connectivity index (χ1n) is 14.6. The van der Waals surface area contributed by atoms with Crippen molar-refractivity contribution < 1.29 is 27.6 Å². The number of nitrogens with one attached hydrogen (secondary N) is 1. The molecule has 1 fully saturated rings. The fourth-order valence-corrected chi connectivity index (χ4v) is 5.99. The number of benzene rings is 2. The van der Waals surface area contributed by atoms with Gasteiger partial charge in [-0.3, -0.25) is 19.6 Å². The Hall–Kier alpha value is -5.70. The number of pyridine rings is 2. The zero-order valence-electron chi connectivity index (χ0n) is 24.7. The van der Waals surface area contributed by atoms with Crippen molar-refractivity contribution in [2.75, 3.05) is 13.1 Å². The zero-order valence-corrected chi connectivity index (χ0v) is 25.4. The lowest BCUT2D eigenvalue weighted by Gasteiger charge is -2.39. The number of fused-ring (bicyclic) bond motifs is 2. The monoisotopic (exact) mass is 673 g/mol. The van der Waals surface area contributed by atoms with Crippen LogP contribution in [0.1, 0.15) is 44.2 Å². The fourth-order valence-electron chi connectivity index (χ4n) is 5.73. The van der Waals surface area contributed by atoms with E-state index in [-0.39, 0.29) is 36.1 Å². The van der Waals surface area contributed by atoms with Gasteiger partial charge in [-0.1, -0.05) is 46.8 Å². The molecule has 7 rings (SSSR count). The minimum Gasteiger partial charge on any atom is -0.348 e. The van der Waals surface area contributed by atoms with Crippen molar-refractivity contribution in [1.82, 2.24) is 45.3 Å². The van der Waals surface area contributed by atoms with Gasteiger partial charge in [0.05, 0.1) is 21.7 Å². The Morgan fingerprint density at radius 2 is 1.75 bits per heavy atom. The van der Waals surface area contributed by atoms with Gasteiger partial charge < -0.3 is 15.1 Å². The number of amides is 2. The second kappa shape index (κ2) is 12.5. The quantitative estimate of drug-likeness (QED) is 0.255. The highest BCUT2D eigenvalue weighted by Crippen LogP contribution is 2.35. The molecule has 2 atom stereocenters. The number of hydrogen-bond donors (Lipinski definition) is 1. The molecule has 5 heterocycles. The molecule has 0 spiro atoms. The van der Waals surface area contributed by atoms with E-state index in [0.29, 0.717) is 28.2 Å². The number of carbonyl (C=O) groups excluding carboxylic acids is 2. The summed E-state index contributed by atoms with van der Waals surface area (Å²) in [5, 5.41) is 10.7. The SMILES string of the molecule is O=C(N[C@@H]1CCN(C(=O)c2cc(Cl)c3nccnc3c2)C[C@@H]1c1ccccc1)c1cnc(On2nnc3cccnc32)cc1C(F)(F)F. The standard InChI is InChI=1S/C32H23ClF3N9O3/c33-23-13-19(14-26-28(23)38-11-10-37-26)31(47)44-12-8-24(21(17-44)18-5-2-1-3-6-18)41-30(46)20-16-40-27(15-22(20)32(34,35)36)48-45-29-25(42-43-45)7-4-9-39-29/h1-7,9-11,13-16,21,24H,8,12,17H2,(H,41,46)/t21-,24-/m1/s1. The van der Waals surface area contributed by atoms with E-state index in [2.05, 4.69) is 35.6 Å². The van der Waals surface area contributed by atoms with Crippen LogP contribution >= 0.6 is 11.6 Å². The van der Waals surface area contributed by atoms with Crippen molar-refractivity contribution in [2.24, 2.45) is 0 Å². The van der Waals surface area contributed by atoms with Gasteiger partial charge in [-0.2, -0.15) is 13.2 Å². The molecule has 0 aliphatic carbocycles. The number of carbonyl (C=O) groups is 2. The summed E-state index contributed by atoms with van der Waals surface area (Å²) in [6, 6.07) is 15.5. The van der Waals surface area contributed by atoms with E-state index in [1.807, 2.05) is 30.3 Å². The third-order valence-electron chi connectivity index (χ3n) is 8.01. The molecular weight excluding hydrogens is 651 g/mol. The van der Waals surface area contributed by atoms with E-state index >= 15 is 0 Å². The summed E-state index contributed by atoms with van der Waals surface area (Å²) in [5.74, 6) is -2.18. The molecule has 0 radical (unpaired) electrons. The first-order chi connectivity index (χ1) is 23.2. The Morgan fingerprint density at radius 3 is 2.56 bits per heavy atom. The highest BCUT2D eigenvalue weighted by molar-refractivity contribution is 6.35. The molecule has 1 aliphatic heterocycles. The van der Waals surface area contributed by atoms with Crippen LogP contribution in [0.4, 0.5) is 13.2 Å². The van der Waals surface area contributed by atoms with Gasteiger partial charge in [-0.15, -0.1) is 5.10 Å². The molecule has 16 heteroatoms. The van der Waals surface area contributed by atoms with Crippen molar-refractivity contribution in [3.8, 4) is 5.88 Å². The molecule has 0 bridgehead atoms. The summed E-state index contributed by atoms with van der Waals surface area (Å²) >= 11 is 6.40. The van der Waals surface area contributed by atoms with E-state index in [0.717, 1.165) is 16.6 Å². The Balaban J connectivity index is 1.14. The lowest BCUT2D eigenvalue weighted by atomic mass is 9.85. The number of hydrogen-bond acceptors (Lipinski definition) is 9. The molecule has 1 saturated heterocycles. The minimum absolute atomic E-state index is 0.170. The molecule has 242 valence electrons. The second-order valence-electron chi connectivity index (χ2n) is 11.0. The van der Waals surface area contributed by atoms with Gasteiger partial charge in [0.1, 0.15) is 11.0 Å². The number of piperidine rings is 1. The molecule has 1 N–H and O–H groups in total. The number of alkyl halides is 3. The molecule has 0 saturated carbocycles. The number of aromatic nitrogens is 7. The van der Waals surface area contributed by atoms with Crippen molar-refractivity contribution in [3.63, 3.8) is 0 Å². The van der Waals surface area contributed by atoms with Crippen molar-refractivity contribution >= 4 is 45.6 Å². The van der Waals surface area contributed by atoms with Gasteiger partial charge in [0.25, 0.3) is 11.8 Å². The summed E-state index contributed by atoms with van der Waals surface area (Å²) in [6.07, 6.45) is 0.612. The van der Waals surface area contributed by atoms with Crippen molar-refractivity contribution in [2.45, 2.75) is 24.6 Å². The first-order valence-corrected chi connectivity index (χ1v) is 15.0. The normalized spacial score (nSPS) is 16.6. The summed E-state index contributed by atoms with van der Waals surface area (Å²) in [6.45, 7) is 0.404. The minimum atomic E-state index is -4.92. The third kappa shape index (κ3) is 6.07. The third-order valence-corrected chi connectivity index (χ3v) is 8.30. The number of nitrogens with zero attached hydrogens (tertiary/aromatic N) is 8. The van der Waals surface area contributed by atoms with Crippen LogP contribution < -0.4 is 10.2 Å². The van der Waals surface area contributed by atoms with Gasteiger partial charge in [0.15, 0.2) is 0 Å². The van der Waals surface area contributed by atoms with Crippen LogP contribution in [-0.4, -0.2) is 70.9 Å². The van der Waals surface area contributed by atoms with E-state index in [1.165, 1.54) is 24.7 Å². The van der Waals surface area contributed by atoms with Crippen LogP contribution in [-0.2, 0) is 6.18 Å². The van der Waals surface area contributed by atoms with Crippen LogP contribution in [0.5, 0.6) is 5.88 Å². The Labute approximate surface area is 274 Å². The average molecular weight is 674 g/mol. The summed E-state index contributed by atoms with van der Waals surface area (Å²) in [7, 11) is 0.